The van der Waals surface area contributed by atoms with E-state index in [2.05, 4.69) is 39.7 Å². The lowest BCUT2D eigenvalue weighted by atomic mass is 10.3. The smallest absolute Gasteiger partial charge is 0.142 e. The van der Waals surface area contributed by atoms with Crippen molar-refractivity contribution in [1.29, 1.82) is 0 Å². The summed E-state index contributed by atoms with van der Waals surface area (Å²) >= 11 is 3.53. The zero-order valence-electron chi connectivity index (χ0n) is 8.83. The van der Waals surface area contributed by atoms with Crippen molar-refractivity contribution < 1.29 is 0 Å². The molecule has 0 saturated carbocycles. The molecule has 14 heavy (non-hydrogen) atoms. The van der Waals surface area contributed by atoms with E-state index in [1.54, 1.807) is 0 Å². The Hall–Kier alpha value is -0.570. The van der Waals surface area contributed by atoms with Crippen LogP contribution in [0.4, 0.5) is 5.82 Å². The normalized spacial score (nSPS) is 10.2. The summed E-state index contributed by atoms with van der Waals surface area (Å²) < 4.78 is 1.08. The van der Waals surface area contributed by atoms with Gasteiger partial charge in [-0.15, -0.1) is 0 Å². The molecule has 0 saturated heterocycles. The summed E-state index contributed by atoms with van der Waals surface area (Å²) in [6.45, 7) is 6.47. The van der Waals surface area contributed by atoms with E-state index < -0.39 is 0 Å². The Morgan fingerprint density at radius 2 is 2.21 bits per heavy atom. The third-order valence-electron chi connectivity index (χ3n) is 2.20. The summed E-state index contributed by atoms with van der Waals surface area (Å²) in [5.41, 5.74) is 0. The van der Waals surface area contributed by atoms with Crippen LogP contribution in [0.1, 0.15) is 26.7 Å². The first kappa shape index (κ1) is 11.5. The van der Waals surface area contributed by atoms with Crippen LogP contribution in [0, 0.1) is 0 Å². The van der Waals surface area contributed by atoms with Crippen molar-refractivity contribution in [3.63, 3.8) is 0 Å². The molecule has 0 aliphatic carbocycles. The molecular formula is C11H17BrN2. The molecule has 1 aromatic heterocycles. The lowest BCUT2D eigenvalue weighted by Crippen LogP contribution is -2.25. The molecule has 0 fully saturated rings. The number of hydrogen-bond acceptors (Lipinski definition) is 2. The van der Waals surface area contributed by atoms with Gasteiger partial charge in [-0.25, -0.2) is 4.98 Å². The van der Waals surface area contributed by atoms with Crippen LogP contribution >= 0.6 is 15.9 Å². The van der Waals surface area contributed by atoms with Crippen LogP contribution in [0.25, 0.3) is 0 Å². The zero-order valence-corrected chi connectivity index (χ0v) is 10.4. The van der Waals surface area contributed by atoms with Crippen molar-refractivity contribution >= 4 is 21.7 Å². The molecule has 0 amide bonds. The lowest BCUT2D eigenvalue weighted by Gasteiger charge is -2.22. The van der Waals surface area contributed by atoms with Gasteiger partial charge < -0.3 is 4.90 Å². The van der Waals surface area contributed by atoms with Crippen LogP contribution in [0.2, 0.25) is 0 Å². The van der Waals surface area contributed by atoms with E-state index in [1.165, 1.54) is 12.8 Å². The topological polar surface area (TPSA) is 16.1 Å². The van der Waals surface area contributed by atoms with Crippen LogP contribution in [0.5, 0.6) is 0 Å². The molecule has 1 aromatic rings. The molecule has 0 unspecified atom stereocenters. The molecule has 0 N–H and O–H groups in total. The molecule has 0 aliphatic rings. The Morgan fingerprint density at radius 1 is 1.43 bits per heavy atom. The van der Waals surface area contributed by atoms with Crippen molar-refractivity contribution in [1.82, 2.24) is 4.98 Å². The van der Waals surface area contributed by atoms with Crippen LogP contribution in [0.15, 0.2) is 22.8 Å². The third-order valence-corrected chi connectivity index (χ3v) is 2.82. The molecule has 0 spiro atoms. The van der Waals surface area contributed by atoms with E-state index in [1.807, 2.05) is 18.3 Å². The largest absolute Gasteiger partial charge is 0.356 e. The lowest BCUT2D eigenvalue weighted by molar-refractivity contribution is 0.723. The molecule has 1 rings (SSSR count). The maximum atomic E-state index is 4.38. The van der Waals surface area contributed by atoms with Gasteiger partial charge in [-0.05, 0) is 41.4 Å². The Morgan fingerprint density at radius 3 is 2.79 bits per heavy atom. The molecule has 2 nitrogen and oxygen atoms in total. The highest BCUT2D eigenvalue weighted by Crippen LogP contribution is 2.22. The highest BCUT2D eigenvalue weighted by Gasteiger charge is 2.07. The number of hydrogen-bond donors (Lipinski definition) is 0. The zero-order chi connectivity index (χ0) is 10.4. The Balaban J connectivity index is 2.73. The maximum Gasteiger partial charge on any atom is 0.142 e. The SMILES string of the molecule is CCCCN(CC)c1ncccc1Br. The van der Waals surface area contributed by atoms with Gasteiger partial charge >= 0.3 is 0 Å². The quantitative estimate of drug-likeness (QED) is 0.802. The van der Waals surface area contributed by atoms with E-state index in [9.17, 15) is 0 Å². The minimum Gasteiger partial charge on any atom is -0.356 e. The van der Waals surface area contributed by atoms with Crippen molar-refractivity contribution in [2.75, 3.05) is 18.0 Å². The average Bonchev–Trinajstić information content (AvgIpc) is 2.21. The highest BCUT2D eigenvalue weighted by molar-refractivity contribution is 9.10. The van der Waals surface area contributed by atoms with E-state index in [-0.39, 0.29) is 0 Å². The number of pyridine rings is 1. The highest BCUT2D eigenvalue weighted by atomic mass is 79.9. The minimum absolute atomic E-state index is 1.01. The Bertz CT molecular complexity index is 276. The molecule has 0 aliphatic heterocycles. The summed E-state index contributed by atoms with van der Waals surface area (Å²) in [5, 5.41) is 0. The summed E-state index contributed by atoms with van der Waals surface area (Å²) in [4.78, 5) is 6.68. The standard InChI is InChI=1S/C11H17BrN2/c1-3-5-9-14(4-2)11-10(12)7-6-8-13-11/h6-8H,3-5,9H2,1-2H3. The number of nitrogens with zero attached hydrogens (tertiary/aromatic N) is 2. The average molecular weight is 257 g/mol. The predicted octanol–water partition coefficient (Wildman–Crippen LogP) is 3.47. The van der Waals surface area contributed by atoms with Crippen LogP contribution in [0.3, 0.4) is 0 Å². The van der Waals surface area contributed by atoms with Gasteiger partial charge in [0.25, 0.3) is 0 Å². The maximum absolute atomic E-state index is 4.38. The first-order chi connectivity index (χ1) is 6.79. The number of unbranched alkanes of at least 4 members (excludes halogenated alkanes) is 1. The van der Waals surface area contributed by atoms with E-state index in [0.29, 0.717) is 0 Å². The molecule has 0 aromatic carbocycles. The molecule has 1 heterocycles. The van der Waals surface area contributed by atoms with Crippen LogP contribution < -0.4 is 4.90 Å². The number of anilines is 1. The van der Waals surface area contributed by atoms with Crippen molar-refractivity contribution in [2.45, 2.75) is 26.7 Å². The molecular weight excluding hydrogens is 240 g/mol. The second-order valence-electron chi connectivity index (χ2n) is 3.24. The van der Waals surface area contributed by atoms with Gasteiger partial charge in [0.05, 0.1) is 4.47 Å². The third kappa shape index (κ3) is 2.98. The Labute approximate surface area is 94.5 Å². The molecule has 78 valence electrons. The van der Waals surface area contributed by atoms with Crippen LogP contribution in [-0.2, 0) is 0 Å². The van der Waals surface area contributed by atoms with Crippen molar-refractivity contribution in [3.8, 4) is 0 Å². The minimum atomic E-state index is 1.01. The number of halogens is 1. The first-order valence-electron chi connectivity index (χ1n) is 5.15. The summed E-state index contributed by atoms with van der Waals surface area (Å²) in [5.74, 6) is 1.06. The fraction of sp³-hybridized carbons (Fsp3) is 0.545. The molecule has 0 bridgehead atoms. The number of rotatable bonds is 5. The molecule has 0 radical (unpaired) electrons. The second kappa shape index (κ2) is 6.02. The Kier molecular flexibility index (Phi) is 4.94. The van der Waals surface area contributed by atoms with Crippen LogP contribution in [-0.4, -0.2) is 18.1 Å². The summed E-state index contributed by atoms with van der Waals surface area (Å²) in [6.07, 6.45) is 4.28. The van der Waals surface area contributed by atoms with Gasteiger partial charge in [-0.2, -0.15) is 0 Å². The second-order valence-corrected chi connectivity index (χ2v) is 4.10. The fourth-order valence-electron chi connectivity index (χ4n) is 1.37. The van der Waals surface area contributed by atoms with Crippen molar-refractivity contribution in [3.05, 3.63) is 22.8 Å². The van der Waals surface area contributed by atoms with Gasteiger partial charge in [0.1, 0.15) is 5.82 Å². The number of aromatic nitrogens is 1. The monoisotopic (exact) mass is 256 g/mol. The van der Waals surface area contributed by atoms with E-state index in [0.717, 1.165) is 23.4 Å². The van der Waals surface area contributed by atoms with Gasteiger partial charge in [0.2, 0.25) is 0 Å². The van der Waals surface area contributed by atoms with Gasteiger partial charge in [0.15, 0.2) is 0 Å². The van der Waals surface area contributed by atoms with E-state index in [4.69, 9.17) is 0 Å². The fourth-order valence-corrected chi connectivity index (χ4v) is 1.88. The van der Waals surface area contributed by atoms with Gasteiger partial charge in [-0.1, -0.05) is 13.3 Å². The summed E-state index contributed by atoms with van der Waals surface area (Å²) in [7, 11) is 0. The van der Waals surface area contributed by atoms with Gasteiger partial charge in [0, 0.05) is 19.3 Å². The summed E-state index contributed by atoms with van der Waals surface area (Å²) in [6, 6.07) is 3.98. The van der Waals surface area contributed by atoms with Crippen molar-refractivity contribution in [2.24, 2.45) is 0 Å². The predicted molar refractivity (Wildman–Crippen MR) is 64.7 cm³/mol. The first-order valence-corrected chi connectivity index (χ1v) is 5.94. The van der Waals surface area contributed by atoms with Gasteiger partial charge in [-0.3, -0.25) is 0 Å². The molecule has 0 atom stereocenters. The van der Waals surface area contributed by atoms with E-state index >= 15 is 0 Å². The molecule has 3 heteroatoms.